The van der Waals surface area contributed by atoms with E-state index in [1.807, 2.05) is 24.3 Å². The van der Waals surface area contributed by atoms with Crippen molar-refractivity contribution in [2.24, 2.45) is 10.8 Å². The smallest absolute Gasteiger partial charge is 0.184 e. The van der Waals surface area contributed by atoms with E-state index in [4.69, 9.17) is 27.4 Å². The van der Waals surface area contributed by atoms with E-state index in [2.05, 4.69) is 46.7 Å². The monoisotopic (exact) mass is 398 g/mol. The van der Waals surface area contributed by atoms with Crippen LogP contribution in [0.1, 0.15) is 36.1 Å². The fraction of sp³-hybridized carbons (Fsp3) is 0.333. The largest absolute Gasteiger partial charge is 0.497 e. The minimum Gasteiger partial charge on any atom is -0.497 e. The molecule has 0 aromatic heterocycles. The number of nitrogens with two attached hydrogens (primary N) is 1. The third-order valence-electron chi connectivity index (χ3n) is 5.17. The third-order valence-corrected chi connectivity index (χ3v) is 5.26. The maximum atomic E-state index is 5.57. The first-order valence-electron chi connectivity index (χ1n) is 9.12. The summed E-state index contributed by atoms with van der Waals surface area (Å²) < 4.78 is 10.6. The van der Waals surface area contributed by atoms with Gasteiger partial charge in [-0.05, 0) is 54.7 Å². The molecule has 2 atom stereocenters. The summed E-state index contributed by atoms with van der Waals surface area (Å²) in [4.78, 5) is 2.39. The van der Waals surface area contributed by atoms with E-state index in [1.54, 1.807) is 14.2 Å². The van der Waals surface area contributed by atoms with Crippen LogP contribution >= 0.6 is 12.2 Å². The Morgan fingerprint density at radius 3 is 1.75 bits per heavy atom. The number of hydrazone groups is 1. The number of hydrogen-bond acceptors (Lipinski definition) is 5. The van der Waals surface area contributed by atoms with Crippen LogP contribution in [0.3, 0.4) is 0 Å². The molecule has 0 bridgehead atoms. The molecule has 6 nitrogen and oxygen atoms in total. The highest BCUT2D eigenvalue weighted by atomic mass is 32.1. The summed E-state index contributed by atoms with van der Waals surface area (Å²) in [6, 6.07) is 16.7. The number of hydrogen-bond donors (Lipinski definition) is 2. The Labute approximate surface area is 171 Å². The van der Waals surface area contributed by atoms with Crippen LogP contribution in [0, 0.1) is 0 Å². The molecule has 0 radical (unpaired) electrons. The Bertz CT molecular complexity index is 777. The standard InChI is InChI=1S/C21H26N4O2S/c1-25-19(14-4-8-17(26-2)9-5-14)12-16(23-24-21(22)28)13-20(25)15-6-10-18(27-3)11-7-15/h4-11,19-20H,12-13H2,1-3H3,(H3,22,24,28). The number of likely N-dealkylation sites (tertiary alicyclic amines) is 1. The minimum absolute atomic E-state index is 0.174. The molecule has 1 fully saturated rings. The van der Waals surface area contributed by atoms with Crippen LogP contribution in [0.15, 0.2) is 53.6 Å². The SMILES string of the molecule is COc1ccc(C2CC(=NNC(N)=S)CC(c3ccc(OC)cc3)N2C)cc1. The van der Waals surface area contributed by atoms with Crippen LogP contribution in [0.5, 0.6) is 11.5 Å². The summed E-state index contributed by atoms with van der Waals surface area (Å²) >= 11 is 4.91. The zero-order valence-corrected chi connectivity index (χ0v) is 17.2. The van der Waals surface area contributed by atoms with Crippen molar-refractivity contribution in [2.75, 3.05) is 21.3 Å². The third kappa shape index (κ3) is 4.61. The van der Waals surface area contributed by atoms with Crippen LogP contribution in [0.2, 0.25) is 0 Å². The summed E-state index contributed by atoms with van der Waals surface area (Å²) in [6.07, 6.45) is 1.59. The normalized spacial score (nSPS) is 19.8. The number of ether oxygens (including phenoxy) is 2. The summed E-state index contributed by atoms with van der Waals surface area (Å²) in [6.45, 7) is 0. The molecular weight excluding hydrogens is 372 g/mol. The van der Waals surface area contributed by atoms with Crippen molar-refractivity contribution in [1.29, 1.82) is 0 Å². The number of nitrogens with zero attached hydrogens (tertiary/aromatic N) is 2. The summed E-state index contributed by atoms with van der Waals surface area (Å²) in [5.74, 6) is 1.69. The van der Waals surface area contributed by atoms with Crippen molar-refractivity contribution in [3.05, 3.63) is 59.7 Å². The van der Waals surface area contributed by atoms with Crippen LogP contribution < -0.4 is 20.6 Å². The summed E-state index contributed by atoms with van der Waals surface area (Å²) in [7, 11) is 5.50. The number of rotatable bonds is 5. The first-order chi connectivity index (χ1) is 13.5. The minimum atomic E-state index is 0.174. The lowest BCUT2D eigenvalue weighted by atomic mass is 9.87. The first kappa shape index (κ1) is 20.1. The van der Waals surface area contributed by atoms with Gasteiger partial charge in [-0.2, -0.15) is 5.10 Å². The van der Waals surface area contributed by atoms with Crippen molar-refractivity contribution in [3.8, 4) is 11.5 Å². The Morgan fingerprint density at radius 1 is 0.964 bits per heavy atom. The predicted molar refractivity (Wildman–Crippen MR) is 116 cm³/mol. The van der Waals surface area contributed by atoms with E-state index in [1.165, 1.54) is 11.1 Å². The van der Waals surface area contributed by atoms with Gasteiger partial charge in [-0.25, -0.2) is 0 Å². The molecule has 1 aliphatic heterocycles. The van der Waals surface area contributed by atoms with Gasteiger partial charge in [0.25, 0.3) is 0 Å². The predicted octanol–water partition coefficient (Wildman–Crippen LogP) is 3.40. The maximum Gasteiger partial charge on any atom is 0.184 e. The number of benzene rings is 2. The Balaban J connectivity index is 1.93. The molecule has 1 aliphatic rings. The highest BCUT2D eigenvalue weighted by molar-refractivity contribution is 7.80. The highest BCUT2D eigenvalue weighted by Gasteiger charge is 2.33. The average Bonchev–Trinajstić information content (AvgIpc) is 2.73. The van der Waals surface area contributed by atoms with Gasteiger partial charge in [0.15, 0.2) is 5.11 Å². The Morgan fingerprint density at radius 2 is 1.39 bits per heavy atom. The van der Waals surface area contributed by atoms with E-state index in [0.717, 1.165) is 30.1 Å². The molecule has 148 valence electrons. The molecule has 0 aliphatic carbocycles. The second-order valence-electron chi connectivity index (χ2n) is 6.81. The highest BCUT2D eigenvalue weighted by Crippen LogP contribution is 2.39. The van der Waals surface area contributed by atoms with Crippen molar-refractivity contribution in [2.45, 2.75) is 24.9 Å². The lowest BCUT2D eigenvalue weighted by Crippen LogP contribution is -2.38. The van der Waals surface area contributed by atoms with Gasteiger partial charge in [-0.15, -0.1) is 0 Å². The van der Waals surface area contributed by atoms with Crippen molar-refractivity contribution in [3.63, 3.8) is 0 Å². The molecule has 0 spiro atoms. The zero-order chi connectivity index (χ0) is 20.1. The zero-order valence-electron chi connectivity index (χ0n) is 16.4. The number of nitrogens with one attached hydrogen (secondary N) is 1. The molecular formula is C21H26N4O2S. The quantitative estimate of drug-likeness (QED) is 0.594. The summed E-state index contributed by atoms with van der Waals surface area (Å²) in [5, 5.41) is 4.63. The van der Waals surface area contributed by atoms with Gasteiger partial charge in [0.05, 0.1) is 14.2 Å². The molecule has 0 amide bonds. The Hall–Kier alpha value is -2.64. The van der Waals surface area contributed by atoms with E-state index in [0.29, 0.717) is 0 Å². The molecule has 2 aromatic rings. The maximum absolute atomic E-state index is 5.57. The van der Waals surface area contributed by atoms with Gasteiger partial charge in [0, 0.05) is 30.6 Å². The molecule has 1 saturated heterocycles. The van der Waals surface area contributed by atoms with Gasteiger partial charge in [-0.1, -0.05) is 24.3 Å². The van der Waals surface area contributed by atoms with Crippen LogP contribution in [-0.2, 0) is 0 Å². The second kappa shape index (κ2) is 9.03. The number of methoxy groups -OCH3 is 2. The van der Waals surface area contributed by atoms with Gasteiger partial charge < -0.3 is 15.2 Å². The van der Waals surface area contributed by atoms with Crippen LogP contribution in [0.4, 0.5) is 0 Å². The van der Waals surface area contributed by atoms with E-state index in [-0.39, 0.29) is 17.2 Å². The number of piperidine rings is 1. The number of thiocarbonyl (C=S) groups is 1. The van der Waals surface area contributed by atoms with E-state index < -0.39 is 0 Å². The molecule has 2 aromatic carbocycles. The topological polar surface area (TPSA) is 72.1 Å². The molecule has 28 heavy (non-hydrogen) atoms. The molecule has 3 rings (SSSR count). The average molecular weight is 399 g/mol. The van der Waals surface area contributed by atoms with Crippen molar-refractivity contribution in [1.82, 2.24) is 10.3 Å². The van der Waals surface area contributed by atoms with Crippen molar-refractivity contribution >= 4 is 23.0 Å². The molecule has 1 heterocycles. The molecule has 2 unspecified atom stereocenters. The lowest BCUT2D eigenvalue weighted by Gasteiger charge is -2.40. The van der Waals surface area contributed by atoms with Crippen LogP contribution in [0.25, 0.3) is 0 Å². The molecule has 0 saturated carbocycles. The fourth-order valence-electron chi connectivity index (χ4n) is 3.62. The molecule has 7 heteroatoms. The van der Waals surface area contributed by atoms with Crippen molar-refractivity contribution < 1.29 is 9.47 Å². The van der Waals surface area contributed by atoms with Crippen LogP contribution in [-0.4, -0.2) is 37.0 Å². The Kier molecular flexibility index (Phi) is 6.49. The van der Waals surface area contributed by atoms with E-state index >= 15 is 0 Å². The first-order valence-corrected chi connectivity index (χ1v) is 9.53. The summed E-state index contributed by atoms with van der Waals surface area (Å²) in [5.41, 5.74) is 11.8. The van der Waals surface area contributed by atoms with Gasteiger partial charge in [0.1, 0.15) is 11.5 Å². The second-order valence-corrected chi connectivity index (χ2v) is 7.25. The van der Waals surface area contributed by atoms with Gasteiger partial charge in [-0.3, -0.25) is 10.3 Å². The fourth-order valence-corrected chi connectivity index (χ4v) is 3.66. The lowest BCUT2D eigenvalue weighted by molar-refractivity contribution is 0.163. The molecule has 3 N–H and O–H groups in total. The van der Waals surface area contributed by atoms with E-state index in [9.17, 15) is 0 Å². The van der Waals surface area contributed by atoms with Gasteiger partial charge in [0.2, 0.25) is 0 Å². The van der Waals surface area contributed by atoms with Gasteiger partial charge >= 0.3 is 0 Å².